The molecular formula is C11H8BrFN2O. The van der Waals surface area contributed by atoms with Gasteiger partial charge >= 0.3 is 0 Å². The van der Waals surface area contributed by atoms with Crippen LogP contribution in [0.3, 0.4) is 0 Å². The SMILES string of the molecule is O=C1CC(n2ncc3cc(Br)cc(F)c32)C1. The number of rotatable bonds is 1. The minimum Gasteiger partial charge on any atom is -0.300 e. The van der Waals surface area contributed by atoms with Gasteiger partial charge in [-0.25, -0.2) is 4.39 Å². The fourth-order valence-corrected chi connectivity index (χ4v) is 2.47. The molecule has 82 valence electrons. The molecule has 0 unspecified atom stereocenters. The highest BCUT2D eigenvalue weighted by Gasteiger charge is 2.30. The van der Waals surface area contributed by atoms with Crippen LogP contribution < -0.4 is 0 Å². The fourth-order valence-electron chi connectivity index (χ4n) is 2.02. The van der Waals surface area contributed by atoms with Crippen molar-refractivity contribution in [2.75, 3.05) is 0 Å². The van der Waals surface area contributed by atoms with E-state index in [-0.39, 0.29) is 17.6 Å². The molecule has 0 atom stereocenters. The summed E-state index contributed by atoms with van der Waals surface area (Å²) in [6, 6.07) is 3.27. The molecule has 0 saturated heterocycles. The number of carbonyl (C=O) groups is 1. The molecule has 1 heterocycles. The van der Waals surface area contributed by atoms with Crippen LogP contribution in [-0.4, -0.2) is 15.6 Å². The number of Topliss-reactive ketones (excluding diaryl/α,β-unsaturated/α-hetero) is 1. The molecule has 1 saturated carbocycles. The summed E-state index contributed by atoms with van der Waals surface area (Å²) in [6.07, 6.45) is 2.56. The molecule has 1 aromatic heterocycles. The van der Waals surface area contributed by atoms with Crippen LogP contribution in [0.25, 0.3) is 10.9 Å². The van der Waals surface area contributed by atoms with Crippen LogP contribution in [0, 0.1) is 5.82 Å². The minimum absolute atomic E-state index is 0.0284. The zero-order valence-electron chi connectivity index (χ0n) is 8.28. The van der Waals surface area contributed by atoms with Crippen molar-refractivity contribution in [3.05, 3.63) is 28.6 Å². The number of hydrogen-bond donors (Lipinski definition) is 0. The van der Waals surface area contributed by atoms with Crippen molar-refractivity contribution in [2.24, 2.45) is 0 Å². The van der Waals surface area contributed by atoms with Gasteiger partial charge in [-0.3, -0.25) is 9.48 Å². The Labute approximate surface area is 99.4 Å². The molecular weight excluding hydrogens is 275 g/mol. The Hall–Kier alpha value is -1.23. The Kier molecular flexibility index (Phi) is 2.10. The van der Waals surface area contributed by atoms with Gasteiger partial charge in [0, 0.05) is 22.7 Å². The Balaban J connectivity index is 2.16. The van der Waals surface area contributed by atoms with Gasteiger partial charge in [-0.05, 0) is 12.1 Å². The summed E-state index contributed by atoms with van der Waals surface area (Å²) < 4.78 is 16.1. The standard InChI is InChI=1S/C11H8BrFN2O/c12-7-1-6-5-14-15(8-3-9(16)4-8)11(6)10(13)2-7/h1-2,5,8H,3-4H2. The average Bonchev–Trinajstić information content (AvgIpc) is 2.56. The van der Waals surface area contributed by atoms with E-state index in [1.54, 1.807) is 10.9 Å². The second-order valence-electron chi connectivity index (χ2n) is 4.02. The smallest absolute Gasteiger partial charge is 0.150 e. The quantitative estimate of drug-likeness (QED) is 0.806. The van der Waals surface area contributed by atoms with Crippen molar-refractivity contribution < 1.29 is 9.18 Å². The van der Waals surface area contributed by atoms with Gasteiger partial charge in [0.15, 0.2) is 0 Å². The first-order valence-electron chi connectivity index (χ1n) is 4.99. The lowest BCUT2D eigenvalue weighted by molar-refractivity contribution is -0.126. The molecule has 1 aliphatic rings. The average molecular weight is 283 g/mol. The Morgan fingerprint density at radius 3 is 2.88 bits per heavy atom. The lowest BCUT2D eigenvalue weighted by atomic mass is 9.91. The van der Waals surface area contributed by atoms with E-state index in [1.165, 1.54) is 6.07 Å². The number of carbonyl (C=O) groups excluding carboxylic acids is 1. The first-order valence-corrected chi connectivity index (χ1v) is 5.78. The Bertz CT molecular complexity index is 585. The van der Waals surface area contributed by atoms with Crippen LogP contribution in [0.1, 0.15) is 18.9 Å². The van der Waals surface area contributed by atoms with Gasteiger partial charge in [-0.2, -0.15) is 5.10 Å². The Morgan fingerprint density at radius 2 is 2.19 bits per heavy atom. The molecule has 0 aliphatic heterocycles. The third kappa shape index (κ3) is 1.38. The number of ketones is 1. The molecule has 1 fully saturated rings. The number of halogens is 2. The molecule has 0 radical (unpaired) electrons. The molecule has 3 rings (SSSR count). The van der Waals surface area contributed by atoms with E-state index in [9.17, 15) is 9.18 Å². The summed E-state index contributed by atoms with van der Waals surface area (Å²) in [6.45, 7) is 0. The first kappa shape index (κ1) is 9.96. The molecule has 2 aromatic rings. The van der Waals surface area contributed by atoms with E-state index in [0.29, 0.717) is 22.8 Å². The van der Waals surface area contributed by atoms with Crippen molar-refractivity contribution in [1.82, 2.24) is 9.78 Å². The van der Waals surface area contributed by atoms with Crippen LogP contribution in [0.2, 0.25) is 0 Å². The second-order valence-corrected chi connectivity index (χ2v) is 4.93. The number of aromatic nitrogens is 2. The van der Waals surface area contributed by atoms with Crippen molar-refractivity contribution in [3.8, 4) is 0 Å². The van der Waals surface area contributed by atoms with Gasteiger partial charge in [-0.15, -0.1) is 0 Å². The third-order valence-electron chi connectivity index (χ3n) is 2.88. The molecule has 0 amide bonds. The molecule has 0 bridgehead atoms. The van der Waals surface area contributed by atoms with Crippen molar-refractivity contribution >= 4 is 32.6 Å². The zero-order valence-corrected chi connectivity index (χ0v) is 9.87. The zero-order chi connectivity index (χ0) is 11.3. The molecule has 5 heteroatoms. The predicted octanol–water partition coefficient (Wildman–Crippen LogP) is 2.84. The Morgan fingerprint density at radius 1 is 1.44 bits per heavy atom. The van der Waals surface area contributed by atoms with Crippen molar-refractivity contribution in [3.63, 3.8) is 0 Å². The summed E-state index contributed by atoms with van der Waals surface area (Å²) in [5, 5.41) is 4.91. The van der Waals surface area contributed by atoms with E-state index in [0.717, 1.165) is 5.39 Å². The highest BCUT2D eigenvalue weighted by molar-refractivity contribution is 9.10. The van der Waals surface area contributed by atoms with E-state index < -0.39 is 0 Å². The van der Waals surface area contributed by atoms with Crippen molar-refractivity contribution in [1.29, 1.82) is 0 Å². The van der Waals surface area contributed by atoms with Gasteiger partial charge in [0.05, 0.1) is 12.2 Å². The van der Waals surface area contributed by atoms with E-state index in [2.05, 4.69) is 21.0 Å². The highest BCUT2D eigenvalue weighted by Crippen LogP contribution is 2.32. The topological polar surface area (TPSA) is 34.9 Å². The fraction of sp³-hybridized carbons (Fsp3) is 0.273. The summed E-state index contributed by atoms with van der Waals surface area (Å²) in [5.74, 6) is -0.0904. The van der Waals surface area contributed by atoms with Gasteiger partial charge in [-0.1, -0.05) is 15.9 Å². The molecule has 1 aliphatic carbocycles. The number of fused-ring (bicyclic) bond motifs is 1. The monoisotopic (exact) mass is 282 g/mol. The van der Waals surface area contributed by atoms with Crippen LogP contribution >= 0.6 is 15.9 Å². The van der Waals surface area contributed by atoms with Crippen LogP contribution in [-0.2, 0) is 4.79 Å². The summed E-state index contributed by atoms with van der Waals surface area (Å²) in [5.41, 5.74) is 0.487. The maximum atomic E-state index is 13.8. The molecule has 3 nitrogen and oxygen atoms in total. The maximum absolute atomic E-state index is 13.8. The van der Waals surface area contributed by atoms with Crippen LogP contribution in [0.5, 0.6) is 0 Å². The van der Waals surface area contributed by atoms with Gasteiger partial charge < -0.3 is 0 Å². The second kappa shape index (κ2) is 3.38. The molecule has 1 aromatic carbocycles. The number of hydrogen-bond acceptors (Lipinski definition) is 2. The summed E-state index contributed by atoms with van der Waals surface area (Å²) in [7, 11) is 0. The van der Waals surface area contributed by atoms with E-state index in [1.807, 2.05) is 6.07 Å². The van der Waals surface area contributed by atoms with Crippen LogP contribution in [0.15, 0.2) is 22.8 Å². The van der Waals surface area contributed by atoms with Crippen LogP contribution in [0.4, 0.5) is 4.39 Å². The normalized spacial score (nSPS) is 16.8. The van der Waals surface area contributed by atoms with Gasteiger partial charge in [0.25, 0.3) is 0 Å². The van der Waals surface area contributed by atoms with E-state index in [4.69, 9.17) is 0 Å². The van der Waals surface area contributed by atoms with Gasteiger partial charge in [0.2, 0.25) is 0 Å². The number of nitrogens with zero attached hydrogens (tertiary/aromatic N) is 2. The van der Waals surface area contributed by atoms with E-state index >= 15 is 0 Å². The molecule has 16 heavy (non-hydrogen) atoms. The molecule has 0 N–H and O–H groups in total. The highest BCUT2D eigenvalue weighted by atomic mass is 79.9. The predicted molar refractivity (Wildman–Crippen MR) is 60.7 cm³/mol. The lowest BCUT2D eigenvalue weighted by Gasteiger charge is -2.25. The maximum Gasteiger partial charge on any atom is 0.150 e. The largest absolute Gasteiger partial charge is 0.300 e. The third-order valence-corrected chi connectivity index (χ3v) is 3.34. The summed E-state index contributed by atoms with van der Waals surface area (Å²) in [4.78, 5) is 10.9. The summed E-state index contributed by atoms with van der Waals surface area (Å²) >= 11 is 3.24. The number of benzene rings is 1. The van der Waals surface area contributed by atoms with Gasteiger partial charge in [0.1, 0.15) is 17.1 Å². The first-order chi connectivity index (χ1) is 7.65. The van der Waals surface area contributed by atoms with Crippen molar-refractivity contribution in [2.45, 2.75) is 18.9 Å². The minimum atomic E-state index is -0.304. The lowest BCUT2D eigenvalue weighted by Crippen LogP contribution is -2.27. The molecule has 0 spiro atoms.